The molecule has 2 nitrogen and oxygen atoms in total. The first-order valence-corrected chi connectivity index (χ1v) is 7.81. The summed E-state index contributed by atoms with van der Waals surface area (Å²) in [6.07, 6.45) is 0. The highest BCUT2D eigenvalue weighted by Gasteiger charge is 2.14. The van der Waals surface area contributed by atoms with Crippen LogP contribution in [0.1, 0.15) is 5.56 Å². The Morgan fingerprint density at radius 2 is 1.46 bits per heavy atom. The molecule has 0 saturated carbocycles. The zero-order chi connectivity index (χ0) is 16.5. The molecule has 2 heteroatoms. The fourth-order valence-corrected chi connectivity index (χ4v) is 3.31. The average molecular weight is 309 g/mol. The largest absolute Gasteiger partial charge is 0.496 e. The Morgan fingerprint density at radius 3 is 2.21 bits per heavy atom. The summed E-state index contributed by atoms with van der Waals surface area (Å²) in [5, 5.41) is 13.7. The molecule has 0 unspecified atom stereocenters. The highest BCUT2D eigenvalue weighted by Crippen LogP contribution is 2.40. The van der Waals surface area contributed by atoms with E-state index in [2.05, 4.69) is 30.3 Å². The summed E-state index contributed by atoms with van der Waals surface area (Å²) in [5.41, 5.74) is 2.84. The van der Waals surface area contributed by atoms with Gasteiger partial charge < -0.3 is 4.74 Å². The van der Waals surface area contributed by atoms with Crippen molar-refractivity contribution in [2.45, 2.75) is 0 Å². The monoisotopic (exact) mass is 309 g/mol. The molecule has 0 atom stereocenters. The van der Waals surface area contributed by atoms with Crippen LogP contribution in [0.2, 0.25) is 0 Å². The Balaban J connectivity index is 2.17. The quantitative estimate of drug-likeness (QED) is 0.487. The number of benzene rings is 4. The lowest BCUT2D eigenvalue weighted by Gasteiger charge is -2.15. The Kier molecular flexibility index (Phi) is 3.40. The first-order chi connectivity index (χ1) is 11.8. The predicted molar refractivity (Wildman–Crippen MR) is 98.2 cm³/mol. The number of nitrogens with zero attached hydrogens (tertiary/aromatic N) is 1. The van der Waals surface area contributed by atoms with Gasteiger partial charge in [-0.2, -0.15) is 5.26 Å². The van der Waals surface area contributed by atoms with Gasteiger partial charge in [-0.15, -0.1) is 0 Å². The summed E-state index contributed by atoms with van der Waals surface area (Å²) in [7, 11) is 1.69. The molecule has 0 aliphatic carbocycles. The highest BCUT2D eigenvalue weighted by atomic mass is 16.5. The minimum atomic E-state index is 0.688. The van der Waals surface area contributed by atoms with Crippen LogP contribution in [0.25, 0.3) is 32.7 Å². The zero-order valence-corrected chi connectivity index (χ0v) is 13.3. The maximum Gasteiger partial charge on any atom is 0.127 e. The fraction of sp³-hybridized carbons (Fsp3) is 0.0455. The van der Waals surface area contributed by atoms with Gasteiger partial charge in [-0.25, -0.2) is 0 Å². The Labute approximate surface area is 140 Å². The van der Waals surface area contributed by atoms with Crippen molar-refractivity contribution in [3.05, 3.63) is 78.4 Å². The van der Waals surface area contributed by atoms with Gasteiger partial charge in [-0.3, -0.25) is 0 Å². The van der Waals surface area contributed by atoms with Crippen LogP contribution in [0.4, 0.5) is 0 Å². The third-order valence-electron chi connectivity index (χ3n) is 4.42. The van der Waals surface area contributed by atoms with E-state index < -0.39 is 0 Å². The van der Waals surface area contributed by atoms with Crippen molar-refractivity contribution in [2.24, 2.45) is 0 Å². The van der Waals surface area contributed by atoms with Crippen LogP contribution in [0.5, 0.6) is 5.75 Å². The van der Waals surface area contributed by atoms with Crippen LogP contribution in [0.3, 0.4) is 0 Å². The third kappa shape index (κ3) is 2.11. The molecule has 0 amide bonds. The number of nitriles is 1. The van der Waals surface area contributed by atoms with Gasteiger partial charge in [0, 0.05) is 10.9 Å². The summed E-state index contributed by atoms with van der Waals surface area (Å²) in [4.78, 5) is 0. The van der Waals surface area contributed by atoms with Crippen molar-refractivity contribution in [2.75, 3.05) is 7.11 Å². The van der Waals surface area contributed by atoms with Gasteiger partial charge >= 0.3 is 0 Å². The second-order valence-electron chi connectivity index (χ2n) is 5.68. The van der Waals surface area contributed by atoms with Crippen LogP contribution in [0.15, 0.2) is 72.8 Å². The number of rotatable bonds is 2. The maximum atomic E-state index is 9.39. The summed E-state index contributed by atoms with van der Waals surface area (Å²) in [5.74, 6) is 0.837. The van der Waals surface area contributed by atoms with Crippen LogP contribution >= 0.6 is 0 Å². The Morgan fingerprint density at radius 1 is 0.750 bits per heavy atom. The standard InChI is InChI=1S/C22H15NO/c1-24-21-13-11-15-6-2-3-8-18(15)22(21)20-12-10-16(14-23)17-7-4-5-9-19(17)20/h2-13H,1H3. The molecule has 0 radical (unpaired) electrons. The fourth-order valence-electron chi connectivity index (χ4n) is 3.31. The molecule has 4 rings (SSSR count). The molecule has 0 heterocycles. The lowest BCUT2D eigenvalue weighted by Crippen LogP contribution is -1.92. The van der Waals surface area contributed by atoms with Gasteiger partial charge in [0.1, 0.15) is 5.75 Å². The number of hydrogen-bond donors (Lipinski definition) is 0. The molecule has 114 valence electrons. The van der Waals surface area contributed by atoms with E-state index in [0.717, 1.165) is 33.0 Å². The van der Waals surface area contributed by atoms with E-state index >= 15 is 0 Å². The van der Waals surface area contributed by atoms with Crippen LogP contribution in [-0.2, 0) is 0 Å². The number of fused-ring (bicyclic) bond motifs is 2. The van der Waals surface area contributed by atoms with E-state index in [1.807, 2.05) is 48.5 Å². The van der Waals surface area contributed by atoms with Gasteiger partial charge in [0.2, 0.25) is 0 Å². The van der Waals surface area contributed by atoms with Crippen LogP contribution in [-0.4, -0.2) is 7.11 Å². The number of methoxy groups -OCH3 is 1. The molecule has 24 heavy (non-hydrogen) atoms. The maximum absolute atomic E-state index is 9.39. The molecule has 0 saturated heterocycles. The highest BCUT2D eigenvalue weighted by molar-refractivity contribution is 6.08. The first-order valence-electron chi connectivity index (χ1n) is 7.81. The topological polar surface area (TPSA) is 33.0 Å². The van der Waals surface area contributed by atoms with E-state index in [-0.39, 0.29) is 0 Å². The molecule has 0 aliphatic heterocycles. The minimum absolute atomic E-state index is 0.688. The van der Waals surface area contributed by atoms with Crippen molar-refractivity contribution in [3.8, 4) is 22.9 Å². The van der Waals surface area contributed by atoms with Gasteiger partial charge in [-0.05, 0) is 33.9 Å². The Bertz CT molecular complexity index is 1110. The first kappa shape index (κ1) is 14.3. The van der Waals surface area contributed by atoms with E-state index in [1.165, 1.54) is 5.39 Å². The molecular formula is C22H15NO. The molecular weight excluding hydrogens is 294 g/mol. The van der Waals surface area contributed by atoms with Crippen LogP contribution in [0, 0.1) is 11.3 Å². The zero-order valence-electron chi connectivity index (χ0n) is 13.3. The molecule has 0 aromatic heterocycles. The van der Waals surface area contributed by atoms with Gasteiger partial charge in [0.05, 0.1) is 18.7 Å². The van der Waals surface area contributed by atoms with E-state index in [4.69, 9.17) is 4.74 Å². The van der Waals surface area contributed by atoms with E-state index in [1.54, 1.807) is 7.11 Å². The van der Waals surface area contributed by atoms with Crippen molar-refractivity contribution < 1.29 is 4.74 Å². The van der Waals surface area contributed by atoms with Crippen molar-refractivity contribution in [1.82, 2.24) is 0 Å². The van der Waals surface area contributed by atoms with Crippen molar-refractivity contribution in [3.63, 3.8) is 0 Å². The summed E-state index contributed by atoms with van der Waals surface area (Å²) < 4.78 is 5.65. The van der Waals surface area contributed by atoms with Crippen molar-refractivity contribution >= 4 is 21.5 Å². The van der Waals surface area contributed by atoms with E-state index in [0.29, 0.717) is 5.56 Å². The SMILES string of the molecule is COc1ccc2ccccc2c1-c1ccc(C#N)c2ccccc12. The van der Waals surface area contributed by atoms with Crippen LogP contribution < -0.4 is 4.74 Å². The predicted octanol–water partition coefficient (Wildman–Crippen LogP) is 5.54. The summed E-state index contributed by atoms with van der Waals surface area (Å²) in [6.45, 7) is 0. The number of ether oxygens (including phenoxy) is 1. The molecule has 0 N–H and O–H groups in total. The second kappa shape index (κ2) is 5.72. The lowest BCUT2D eigenvalue weighted by atomic mass is 9.91. The normalized spacial score (nSPS) is 10.7. The summed E-state index contributed by atoms with van der Waals surface area (Å²) in [6, 6.07) is 26.6. The summed E-state index contributed by atoms with van der Waals surface area (Å²) >= 11 is 0. The molecule has 0 spiro atoms. The van der Waals surface area contributed by atoms with Gasteiger partial charge in [0.15, 0.2) is 0 Å². The Hall–Kier alpha value is -3.31. The average Bonchev–Trinajstić information content (AvgIpc) is 2.66. The van der Waals surface area contributed by atoms with E-state index in [9.17, 15) is 5.26 Å². The molecule has 0 bridgehead atoms. The molecule has 0 fully saturated rings. The molecule has 4 aromatic carbocycles. The third-order valence-corrected chi connectivity index (χ3v) is 4.42. The molecule has 4 aromatic rings. The van der Waals surface area contributed by atoms with Gasteiger partial charge in [-0.1, -0.05) is 60.7 Å². The lowest BCUT2D eigenvalue weighted by molar-refractivity contribution is 0.417. The van der Waals surface area contributed by atoms with Crippen molar-refractivity contribution in [1.29, 1.82) is 5.26 Å². The smallest absolute Gasteiger partial charge is 0.127 e. The number of hydrogen-bond acceptors (Lipinski definition) is 2. The minimum Gasteiger partial charge on any atom is -0.496 e. The molecule has 0 aliphatic rings. The van der Waals surface area contributed by atoms with Gasteiger partial charge in [0.25, 0.3) is 0 Å². The second-order valence-corrected chi connectivity index (χ2v) is 5.68.